The third-order valence-corrected chi connectivity index (χ3v) is 7.86. The molecule has 2 aliphatic rings. The maximum Gasteiger partial charge on any atom is 0.228 e. The van der Waals surface area contributed by atoms with Crippen LogP contribution in [-0.4, -0.2) is 29.6 Å². The molecule has 0 aliphatic carbocycles. The van der Waals surface area contributed by atoms with Gasteiger partial charge in [0.25, 0.3) is 0 Å². The van der Waals surface area contributed by atoms with Crippen molar-refractivity contribution in [2.75, 3.05) is 18.6 Å². The topological polar surface area (TPSA) is 64.6 Å². The summed E-state index contributed by atoms with van der Waals surface area (Å²) in [5.74, 6) is 1.73. The lowest BCUT2D eigenvalue weighted by Crippen LogP contribution is -2.45. The number of amides is 1. The van der Waals surface area contributed by atoms with E-state index in [0.717, 1.165) is 31.9 Å². The summed E-state index contributed by atoms with van der Waals surface area (Å²) in [5.41, 5.74) is 1.21. The number of nitrogens with zero attached hydrogens (tertiary/aromatic N) is 3. The summed E-state index contributed by atoms with van der Waals surface area (Å²) >= 11 is 3.33. The van der Waals surface area contributed by atoms with Gasteiger partial charge in [0, 0.05) is 34.4 Å². The van der Waals surface area contributed by atoms with E-state index < -0.39 is 5.41 Å². The molecule has 0 aromatic carbocycles. The molecule has 0 bridgehead atoms. The molecule has 8 heteroatoms. The summed E-state index contributed by atoms with van der Waals surface area (Å²) < 4.78 is 11.3. The van der Waals surface area contributed by atoms with E-state index in [1.165, 1.54) is 0 Å². The first kappa shape index (κ1) is 18.6. The number of pyridine rings is 1. The molecule has 150 valence electrons. The molecule has 3 aromatic rings. The smallest absolute Gasteiger partial charge is 0.228 e. The van der Waals surface area contributed by atoms with Gasteiger partial charge in [0.1, 0.15) is 18.1 Å². The first-order valence-corrected chi connectivity index (χ1v) is 11.2. The lowest BCUT2D eigenvalue weighted by atomic mass is 9.77. The zero-order valence-electron chi connectivity index (χ0n) is 16.5. The van der Waals surface area contributed by atoms with Gasteiger partial charge in [-0.3, -0.25) is 4.79 Å². The number of thiazole rings is 1. The Kier molecular flexibility index (Phi) is 4.36. The highest BCUT2D eigenvalue weighted by Crippen LogP contribution is 2.53. The highest BCUT2D eigenvalue weighted by atomic mass is 32.1. The summed E-state index contributed by atoms with van der Waals surface area (Å²) in [4.78, 5) is 26.6. The van der Waals surface area contributed by atoms with Gasteiger partial charge in [-0.2, -0.15) is 0 Å². The number of ether oxygens (including phenoxy) is 2. The SMILES string of the molecule is COc1ccc2c(n1)C1(CO2)CC(=O)N(Cc2cnc(C(C)C)s2)c2ccsc21. The Morgan fingerprint density at radius 3 is 2.97 bits per heavy atom. The monoisotopic (exact) mass is 427 g/mol. The molecule has 0 radical (unpaired) electrons. The Morgan fingerprint density at radius 2 is 2.21 bits per heavy atom. The van der Waals surface area contributed by atoms with Crippen molar-refractivity contribution in [1.29, 1.82) is 0 Å². The van der Waals surface area contributed by atoms with Crippen LogP contribution < -0.4 is 14.4 Å². The Balaban J connectivity index is 1.54. The maximum atomic E-state index is 13.3. The van der Waals surface area contributed by atoms with Crippen molar-refractivity contribution in [2.24, 2.45) is 0 Å². The van der Waals surface area contributed by atoms with Crippen molar-refractivity contribution in [3.63, 3.8) is 0 Å². The van der Waals surface area contributed by atoms with Gasteiger partial charge in [0.05, 0.1) is 29.8 Å². The second-order valence-corrected chi connectivity index (χ2v) is 9.75. The van der Waals surface area contributed by atoms with E-state index in [1.54, 1.807) is 35.8 Å². The summed E-state index contributed by atoms with van der Waals surface area (Å²) in [6, 6.07) is 5.70. The van der Waals surface area contributed by atoms with Crippen LogP contribution in [-0.2, 0) is 16.8 Å². The standard InChI is InChI=1S/C21H21N3O3S2/c1-12(2)20-22-9-13(29-20)10-24-14-6-7-28-19(14)21(8-17(24)25)11-27-15-4-5-16(26-3)23-18(15)21/h4-7,9,12H,8,10-11H2,1-3H3. The van der Waals surface area contributed by atoms with E-state index in [2.05, 4.69) is 23.8 Å². The summed E-state index contributed by atoms with van der Waals surface area (Å²) in [6.45, 7) is 5.23. The Bertz CT molecular complexity index is 1090. The van der Waals surface area contributed by atoms with Crippen LogP contribution in [0.5, 0.6) is 11.6 Å². The molecule has 6 nitrogen and oxygen atoms in total. The summed E-state index contributed by atoms with van der Waals surface area (Å²) in [5, 5.41) is 3.14. The van der Waals surface area contributed by atoms with Crippen LogP contribution >= 0.6 is 22.7 Å². The number of carbonyl (C=O) groups is 1. The number of hydrogen-bond donors (Lipinski definition) is 0. The quantitative estimate of drug-likeness (QED) is 0.619. The van der Waals surface area contributed by atoms with E-state index >= 15 is 0 Å². The van der Waals surface area contributed by atoms with Crippen molar-refractivity contribution >= 4 is 34.3 Å². The molecule has 1 unspecified atom stereocenters. The number of thiophene rings is 1. The van der Waals surface area contributed by atoms with E-state index in [9.17, 15) is 4.79 Å². The lowest BCUT2D eigenvalue weighted by Gasteiger charge is -2.37. The summed E-state index contributed by atoms with van der Waals surface area (Å²) in [6.07, 6.45) is 2.23. The zero-order chi connectivity index (χ0) is 20.2. The van der Waals surface area contributed by atoms with Gasteiger partial charge in [0.2, 0.25) is 11.8 Å². The van der Waals surface area contributed by atoms with E-state index in [0.29, 0.717) is 31.4 Å². The molecule has 1 spiro atoms. The van der Waals surface area contributed by atoms with Crippen LogP contribution in [0.3, 0.4) is 0 Å². The van der Waals surface area contributed by atoms with Crippen molar-refractivity contribution in [2.45, 2.75) is 38.1 Å². The molecule has 1 atom stereocenters. The van der Waals surface area contributed by atoms with E-state index in [-0.39, 0.29) is 5.91 Å². The molecule has 0 saturated heterocycles. The lowest BCUT2D eigenvalue weighted by molar-refractivity contribution is -0.120. The van der Waals surface area contributed by atoms with Crippen molar-refractivity contribution in [3.8, 4) is 11.6 Å². The van der Waals surface area contributed by atoms with Crippen LogP contribution in [0.1, 0.15) is 46.6 Å². The van der Waals surface area contributed by atoms with Gasteiger partial charge in [0.15, 0.2) is 0 Å². The Morgan fingerprint density at radius 1 is 1.34 bits per heavy atom. The van der Waals surface area contributed by atoms with Crippen molar-refractivity contribution in [1.82, 2.24) is 9.97 Å². The molecule has 2 aliphatic heterocycles. The Labute approximate surface area is 177 Å². The van der Waals surface area contributed by atoms with E-state index in [4.69, 9.17) is 9.47 Å². The predicted molar refractivity (Wildman–Crippen MR) is 113 cm³/mol. The minimum Gasteiger partial charge on any atom is -0.490 e. The number of methoxy groups -OCH3 is 1. The molecule has 3 aromatic heterocycles. The maximum absolute atomic E-state index is 13.3. The second-order valence-electron chi connectivity index (χ2n) is 7.68. The number of aromatic nitrogens is 2. The average molecular weight is 428 g/mol. The minimum absolute atomic E-state index is 0.0801. The third kappa shape index (κ3) is 2.85. The van der Waals surface area contributed by atoms with Gasteiger partial charge in [-0.1, -0.05) is 13.8 Å². The number of anilines is 1. The number of rotatable bonds is 4. The van der Waals surface area contributed by atoms with Gasteiger partial charge in [-0.05, 0) is 17.5 Å². The van der Waals surface area contributed by atoms with Gasteiger partial charge in [-0.15, -0.1) is 22.7 Å². The number of carbonyl (C=O) groups excluding carboxylic acids is 1. The van der Waals surface area contributed by atoms with Gasteiger partial charge >= 0.3 is 0 Å². The fraction of sp³-hybridized carbons (Fsp3) is 0.381. The first-order chi connectivity index (χ1) is 14.0. The molecule has 5 rings (SSSR count). The Hall–Kier alpha value is -2.45. The average Bonchev–Trinajstić information content (AvgIpc) is 3.44. The molecule has 0 saturated carbocycles. The van der Waals surface area contributed by atoms with Crippen LogP contribution in [0.25, 0.3) is 0 Å². The largest absolute Gasteiger partial charge is 0.490 e. The molecule has 0 N–H and O–H groups in total. The van der Waals surface area contributed by atoms with E-state index in [1.807, 2.05) is 28.6 Å². The molecular weight excluding hydrogens is 406 g/mol. The van der Waals surface area contributed by atoms with Crippen molar-refractivity contribution in [3.05, 3.63) is 50.2 Å². The van der Waals surface area contributed by atoms with Gasteiger partial charge < -0.3 is 14.4 Å². The zero-order valence-corrected chi connectivity index (χ0v) is 18.1. The fourth-order valence-electron chi connectivity index (χ4n) is 4.01. The van der Waals surface area contributed by atoms with Crippen LogP contribution in [0.2, 0.25) is 0 Å². The van der Waals surface area contributed by atoms with Crippen LogP contribution in [0, 0.1) is 0 Å². The third-order valence-electron chi connectivity index (χ3n) is 5.47. The summed E-state index contributed by atoms with van der Waals surface area (Å²) in [7, 11) is 1.60. The minimum atomic E-state index is -0.544. The first-order valence-electron chi connectivity index (χ1n) is 9.53. The molecule has 29 heavy (non-hydrogen) atoms. The van der Waals surface area contributed by atoms with Crippen LogP contribution in [0.15, 0.2) is 29.8 Å². The second kappa shape index (κ2) is 6.81. The predicted octanol–water partition coefficient (Wildman–Crippen LogP) is 4.35. The normalized spacial score (nSPS) is 20.1. The van der Waals surface area contributed by atoms with Gasteiger partial charge in [-0.25, -0.2) is 9.97 Å². The molecular formula is C21H21N3O3S2. The fourth-order valence-corrected chi connectivity index (χ4v) is 6.01. The molecule has 0 fully saturated rings. The number of hydrogen-bond acceptors (Lipinski definition) is 7. The van der Waals surface area contributed by atoms with Crippen LogP contribution in [0.4, 0.5) is 5.69 Å². The number of fused-ring (bicyclic) bond motifs is 4. The highest BCUT2D eigenvalue weighted by molar-refractivity contribution is 7.11. The molecule has 5 heterocycles. The van der Waals surface area contributed by atoms with Crippen molar-refractivity contribution < 1.29 is 14.3 Å². The molecule has 1 amide bonds. The highest BCUT2D eigenvalue weighted by Gasteiger charge is 2.52.